The van der Waals surface area contributed by atoms with Crippen molar-refractivity contribution in [3.05, 3.63) is 54.6 Å². The summed E-state index contributed by atoms with van der Waals surface area (Å²) in [6, 6.07) is 7.84. The number of halogens is 3. The molecule has 4 heterocycles. The Morgan fingerprint density at radius 1 is 0.870 bits per heavy atom. The molecule has 0 saturated carbocycles. The van der Waals surface area contributed by atoms with Gasteiger partial charge in [-0.2, -0.15) is 13.2 Å². The molecule has 4 rings (SSSR count). The van der Waals surface area contributed by atoms with Crippen LogP contribution in [0.4, 0.5) is 13.2 Å². The fraction of sp³-hybridized carbons (Fsp3) is 0.0625. The molecular formula is C16H9F3N4. The molecule has 4 aromatic heterocycles. The molecule has 4 aromatic rings. The van der Waals surface area contributed by atoms with Gasteiger partial charge in [0.1, 0.15) is 11.3 Å². The largest absolute Gasteiger partial charge is 0.433 e. The molecule has 0 aliphatic heterocycles. The highest BCUT2D eigenvalue weighted by molar-refractivity contribution is 6.02. The Hall–Kier alpha value is -2.96. The molecule has 0 bridgehead atoms. The van der Waals surface area contributed by atoms with Gasteiger partial charge in [0.15, 0.2) is 5.65 Å². The van der Waals surface area contributed by atoms with Gasteiger partial charge in [-0.3, -0.25) is 0 Å². The van der Waals surface area contributed by atoms with Crippen LogP contribution in [-0.2, 0) is 6.18 Å². The monoisotopic (exact) mass is 314 g/mol. The minimum absolute atomic E-state index is 0.0653. The van der Waals surface area contributed by atoms with Crippen LogP contribution >= 0.6 is 0 Å². The molecule has 0 fully saturated rings. The maximum atomic E-state index is 12.8. The summed E-state index contributed by atoms with van der Waals surface area (Å²) >= 11 is 0. The lowest BCUT2D eigenvalue weighted by Crippen LogP contribution is -2.08. The summed E-state index contributed by atoms with van der Waals surface area (Å²) in [4.78, 5) is 14.9. The molecule has 0 aliphatic rings. The van der Waals surface area contributed by atoms with Crippen molar-refractivity contribution in [3.8, 4) is 11.1 Å². The average molecular weight is 314 g/mol. The molecule has 7 heteroatoms. The number of rotatable bonds is 1. The predicted molar refractivity (Wildman–Crippen MR) is 79.6 cm³/mol. The van der Waals surface area contributed by atoms with Crippen molar-refractivity contribution < 1.29 is 13.2 Å². The van der Waals surface area contributed by atoms with Crippen molar-refractivity contribution in [1.29, 1.82) is 0 Å². The van der Waals surface area contributed by atoms with Crippen molar-refractivity contribution in [2.24, 2.45) is 0 Å². The Balaban J connectivity index is 1.98. The van der Waals surface area contributed by atoms with Crippen molar-refractivity contribution >= 4 is 22.1 Å². The lowest BCUT2D eigenvalue weighted by atomic mass is 10.0. The number of fused-ring (bicyclic) bond motifs is 2. The van der Waals surface area contributed by atoms with Crippen LogP contribution in [0.1, 0.15) is 5.69 Å². The Kier molecular flexibility index (Phi) is 2.84. The molecule has 0 radical (unpaired) electrons. The van der Waals surface area contributed by atoms with Crippen LogP contribution in [0.3, 0.4) is 0 Å². The maximum absolute atomic E-state index is 12.8. The molecule has 0 unspecified atom stereocenters. The highest BCUT2D eigenvalue weighted by Crippen LogP contribution is 2.34. The summed E-state index contributed by atoms with van der Waals surface area (Å²) in [5.41, 5.74) is 1.44. The maximum Gasteiger partial charge on any atom is 0.433 e. The molecule has 1 N–H and O–H groups in total. The summed E-state index contributed by atoms with van der Waals surface area (Å²) < 4.78 is 38.4. The van der Waals surface area contributed by atoms with E-state index < -0.39 is 11.9 Å². The average Bonchev–Trinajstić information content (AvgIpc) is 2.97. The second-order valence-electron chi connectivity index (χ2n) is 5.03. The molecule has 0 saturated heterocycles. The van der Waals surface area contributed by atoms with Crippen molar-refractivity contribution in [3.63, 3.8) is 0 Å². The Labute approximate surface area is 128 Å². The highest BCUT2D eigenvalue weighted by Gasteiger charge is 2.32. The highest BCUT2D eigenvalue weighted by atomic mass is 19.4. The van der Waals surface area contributed by atoms with E-state index in [4.69, 9.17) is 0 Å². The zero-order valence-electron chi connectivity index (χ0n) is 11.6. The second kappa shape index (κ2) is 4.77. The summed E-state index contributed by atoms with van der Waals surface area (Å²) in [6.07, 6.45) is 0.422. The van der Waals surface area contributed by atoms with Crippen LogP contribution in [-0.4, -0.2) is 19.9 Å². The molecule has 0 amide bonds. The van der Waals surface area contributed by atoms with E-state index in [9.17, 15) is 13.2 Å². The number of hydrogen-bond acceptors (Lipinski definition) is 3. The lowest BCUT2D eigenvalue weighted by molar-refractivity contribution is -0.141. The molecule has 0 atom stereocenters. The fourth-order valence-corrected chi connectivity index (χ4v) is 2.60. The van der Waals surface area contributed by atoms with E-state index in [-0.39, 0.29) is 5.65 Å². The van der Waals surface area contributed by atoms with Gasteiger partial charge in [0.2, 0.25) is 0 Å². The first kappa shape index (κ1) is 13.7. The molecule has 0 aliphatic carbocycles. The quantitative estimate of drug-likeness (QED) is 0.573. The van der Waals surface area contributed by atoms with Crippen LogP contribution in [0.2, 0.25) is 0 Å². The Morgan fingerprint density at radius 2 is 1.74 bits per heavy atom. The number of H-pyrrole nitrogens is 1. The van der Waals surface area contributed by atoms with Crippen molar-refractivity contribution in [2.75, 3.05) is 0 Å². The summed E-state index contributed by atoms with van der Waals surface area (Å²) in [5.74, 6) is 0. The first-order chi connectivity index (χ1) is 11.0. The number of aromatic nitrogens is 4. The van der Waals surface area contributed by atoms with Crippen LogP contribution in [0.25, 0.3) is 33.2 Å². The zero-order chi connectivity index (χ0) is 16.0. The smallest absolute Gasteiger partial charge is 0.346 e. The summed E-state index contributed by atoms with van der Waals surface area (Å²) in [6.45, 7) is 0. The Morgan fingerprint density at radius 3 is 2.57 bits per heavy atom. The summed E-state index contributed by atoms with van der Waals surface area (Å²) in [7, 11) is 0. The van der Waals surface area contributed by atoms with Gasteiger partial charge in [0.25, 0.3) is 0 Å². The second-order valence-corrected chi connectivity index (χ2v) is 5.03. The minimum atomic E-state index is -4.49. The standard InChI is InChI=1S/C16H9F3N4/c17-16(18,19)13-4-3-11-9(5-7-21-15(11)23-13)12-8-22-14-10(12)2-1-6-20-14/h1-8H,(H,20,22). The van der Waals surface area contributed by atoms with Gasteiger partial charge < -0.3 is 4.98 Å². The summed E-state index contributed by atoms with van der Waals surface area (Å²) in [5, 5.41) is 1.45. The number of alkyl halides is 3. The molecule has 23 heavy (non-hydrogen) atoms. The van der Waals surface area contributed by atoms with Crippen LogP contribution in [0.15, 0.2) is 48.9 Å². The van der Waals surface area contributed by atoms with Crippen LogP contribution in [0, 0.1) is 0 Å². The first-order valence-electron chi connectivity index (χ1n) is 6.79. The van der Waals surface area contributed by atoms with Crippen molar-refractivity contribution in [2.45, 2.75) is 6.18 Å². The normalized spacial score (nSPS) is 12.1. The van der Waals surface area contributed by atoms with Gasteiger partial charge in [-0.1, -0.05) is 0 Å². The van der Waals surface area contributed by atoms with E-state index in [0.29, 0.717) is 11.0 Å². The topological polar surface area (TPSA) is 54.5 Å². The van der Waals surface area contributed by atoms with Gasteiger partial charge in [-0.05, 0) is 35.9 Å². The molecule has 4 nitrogen and oxygen atoms in total. The fourth-order valence-electron chi connectivity index (χ4n) is 2.60. The van der Waals surface area contributed by atoms with Gasteiger partial charge in [-0.25, -0.2) is 15.0 Å². The van der Waals surface area contributed by atoms with E-state index in [1.807, 2.05) is 12.1 Å². The van der Waals surface area contributed by atoms with Crippen molar-refractivity contribution in [1.82, 2.24) is 19.9 Å². The SMILES string of the molecule is FC(F)(F)c1ccc2c(-c3c[nH]c4ncccc34)ccnc2n1. The number of nitrogens with zero attached hydrogens (tertiary/aromatic N) is 3. The number of aromatic amines is 1. The van der Waals surface area contributed by atoms with E-state index >= 15 is 0 Å². The van der Waals surface area contributed by atoms with Crippen LogP contribution < -0.4 is 0 Å². The predicted octanol–water partition coefficient (Wildman–Crippen LogP) is 4.19. The van der Waals surface area contributed by atoms with E-state index in [1.165, 1.54) is 12.3 Å². The van der Waals surface area contributed by atoms with E-state index in [0.717, 1.165) is 22.6 Å². The third-order valence-electron chi connectivity index (χ3n) is 3.64. The third-order valence-corrected chi connectivity index (χ3v) is 3.64. The number of nitrogens with one attached hydrogen (secondary N) is 1. The molecule has 0 spiro atoms. The molecule has 0 aromatic carbocycles. The minimum Gasteiger partial charge on any atom is -0.346 e. The van der Waals surface area contributed by atoms with Gasteiger partial charge >= 0.3 is 6.18 Å². The van der Waals surface area contributed by atoms with E-state index in [2.05, 4.69) is 19.9 Å². The van der Waals surface area contributed by atoms with E-state index in [1.54, 1.807) is 18.5 Å². The van der Waals surface area contributed by atoms with Gasteiger partial charge in [-0.15, -0.1) is 0 Å². The lowest BCUT2D eigenvalue weighted by Gasteiger charge is -2.08. The molecular weight excluding hydrogens is 305 g/mol. The van der Waals surface area contributed by atoms with Crippen LogP contribution in [0.5, 0.6) is 0 Å². The Bertz CT molecular complexity index is 1020. The van der Waals surface area contributed by atoms with Gasteiger partial charge in [0.05, 0.1) is 0 Å². The zero-order valence-corrected chi connectivity index (χ0v) is 11.6. The third kappa shape index (κ3) is 2.21. The molecule has 114 valence electrons. The number of hydrogen-bond donors (Lipinski definition) is 1. The first-order valence-corrected chi connectivity index (χ1v) is 6.79. The van der Waals surface area contributed by atoms with Gasteiger partial charge in [0, 0.05) is 34.9 Å². The number of pyridine rings is 3.